The van der Waals surface area contributed by atoms with E-state index in [4.69, 9.17) is 27.9 Å². The Morgan fingerprint density at radius 3 is 2.10 bits per heavy atom. The van der Waals surface area contributed by atoms with Crippen molar-refractivity contribution in [2.75, 3.05) is 23.9 Å². The Morgan fingerprint density at radius 2 is 1.46 bits per heavy atom. The highest BCUT2D eigenvalue weighted by Gasteiger charge is 2.17. The molecule has 3 heterocycles. The second-order valence-electron chi connectivity index (χ2n) is 10.1. The van der Waals surface area contributed by atoms with E-state index in [1.807, 2.05) is 73.2 Å². The number of rotatable bonds is 9. The summed E-state index contributed by atoms with van der Waals surface area (Å²) in [5, 5.41) is 8.12. The van der Waals surface area contributed by atoms with Crippen LogP contribution in [0.3, 0.4) is 0 Å². The van der Waals surface area contributed by atoms with Crippen molar-refractivity contribution in [1.29, 1.82) is 0 Å². The number of hydrogen-bond acceptors (Lipinski definition) is 6. The lowest BCUT2D eigenvalue weighted by atomic mass is 10.1. The molecule has 1 N–H and O–H groups in total. The van der Waals surface area contributed by atoms with Crippen molar-refractivity contribution < 1.29 is 4.74 Å². The topological polar surface area (TPSA) is 63.2 Å². The lowest BCUT2D eigenvalue weighted by Crippen LogP contribution is -2.22. The van der Waals surface area contributed by atoms with Gasteiger partial charge in [-0.2, -0.15) is 0 Å². The number of anilines is 3. The number of benzene rings is 3. The normalized spacial score (nSPS) is 12.1. The molecule has 206 valence electrons. The van der Waals surface area contributed by atoms with Gasteiger partial charge in [-0.1, -0.05) is 29.3 Å². The Labute approximate surface area is 248 Å². The molecule has 0 spiro atoms. The molecule has 0 aliphatic heterocycles. The van der Waals surface area contributed by atoms with Crippen LogP contribution in [0.1, 0.15) is 19.8 Å². The van der Waals surface area contributed by atoms with Crippen LogP contribution in [-0.4, -0.2) is 34.6 Å². The SMILES string of the molecule is COc1cc(NC(C)CCCN(c2ccnc3cc(Cl)ccc23)c2ccnc3cc(Cl)ccc23)c2ncccc2c1. The van der Waals surface area contributed by atoms with Crippen LogP contribution in [0, 0.1) is 0 Å². The number of ether oxygens (including phenoxy) is 1. The number of hydrogen-bond donors (Lipinski definition) is 1. The lowest BCUT2D eigenvalue weighted by Gasteiger charge is -2.28. The summed E-state index contributed by atoms with van der Waals surface area (Å²) >= 11 is 12.6. The largest absolute Gasteiger partial charge is 0.497 e. The van der Waals surface area contributed by atoms with Crippen molar-refractivity contribution in [3.63, 3.8) is 0 Å². The number of nitrogens with one attached hydrogen (secondary N) is 1. The van der Waals surface area contributed by atoms with Gasteiger partial charge in [-0.05, 0) is 80.4 Å². The Kier molecular flexibility index (Phi) is 7.77. The van der Waals surface area contributed by atoms with E-state index in [9.17, 15) is 0 Å². The number of nitrogens with zero attached hydrogens (tertiary/aromatic N) is 4. The number of methoxy groups -OCH3 is 1. The minimum Gasteiger partial charge on any atom is -0.497 e. The molecule has 8 heteroatoms. The molecule has 0 amide bonds. The molecule has 6 nitrogen and oxygen atoms in total. The molecule has 0 aliphatic rings. The van der Waals surface area contributed by atoms with Gasteiger partial charge < -0.3 is 15.0 Å². The fourth-order valence-electron chi connectivity index (χ4n) is 5.34. The van der Waals surface area contributed by atoms with Crippen molar-refractivity contribution in [2.24, 2.45) is 0 Å². The predicted molar refractivity (Wildman–Crippen MR) is 171 cm³/mol. The van der Waals surface area contributed by atoms with Crippen LogP contribution in [0.15, 0.2) is 91.4 Å². The molecule has 3 aromatic heterocycles. The van der Waals surface area contributed by atoms with Crippen molar-refractivity contribution in [3.05, 3.63) is 101 Å². The van der Waals surface area contributed by atoms with E-state index in [2.05, 4.69) is 50.3 Å². The Bertz CT molecular complexity index is 1780. The van der Waals surface area contributed by atoms with Gasteiger partial charge in [0, 0.05) is 63.4 Å². The third kappa shape index (κ3) is 5.71. The van der Waals surface area contributed by atoms with Crippen LogP contribution >= 0.6 is 23.2 Å². The number of aromatic nitrogens is 3. The van der Waals surface area contributed by atoms with Gasteiger partial charge in [0.25, 0.3) is 0 Å². The summed E-state index contributed by atoms with van der Waals surface area (Å²) in [6.07, 6.45) is 7.36. The van der Waals surface area contributed by atoms with Crippen molar-refractivity contribution >= 4 is 73.0 Å². The first-order valence-electron chi connectivity index (χ1n) is 13.6. The van der Waals surface area contributed by atoms with Crippen LogP contribution in [0.4, 0.5) is 17.1 Å². The van der Waals surface area contributed by atoms with E-state index in [-0.39, 0.29) is 6.04 Å². The maximum atomic E-state index is 6.31. The third-order valence-electron chi connectivity index (χ3n) is 7.28. The Balaban J connectivity index is 1.30. The van der Waals surface area contributed by atoms with Crippen LogP contribution in [0.5, 0.6) is 5.75 Å². The molecule has 41 heavy (non-hydrogen) atoms. The number of fused-ring (bicyclic) bond motifs is 3. The van der Waals surface area contributed by atoms with Crippen molar-refractivity contribution in [2.45, 2.75) is 25.8 Å². The van der Waals surface area contributed by atoms with E-state index in [1.54, 1.807) is 7.11 Å². The molecule has 6 rings (SSSR count). The fraction of sp³-hybridized carbons (Fsp3) is 0.182. The zero-order valence-electron chi connectivity index (χ0n) is 22.8. The van der Waals surface area contributed by atoms with Gasteiger partial charge in [0.2, 0.25) is 0 Å². The first kappa shape index (κ1) is 27.1. The highest BCUT2D eigenvalue weighted by atomic mass is 35.5. The molecule has 0 saturated heterocycles. The van der Waals surface area contributed by atoms with E-state index < -0.39 is 0 Å². The van der Waals surface area contributed by atoms with Gasteiger partial charge in [-0.25, -0.2) is 0 Å². The van der Waals surface area contributed by atoms with Crippen LogP contribution < -0.4 is 15.0 Å². The zero-order chi connectivity index (χ0) is 28.3. The molecule has 0 radical (unpaired) electrons. The minimum absolute atomic E-state index is 0.204. The fourth-order valence-corrected chi connectivity index (χ4v) is 5.67. The summed E-state index contributed by atoms with van der Waals surface area (Å²) in [5.41, 5.74) is 5.75. The summed E-state index contributed by atoms with van der Waals surface area (Å²) in [7, 11) is 1.69. The zero-order valence-corrected chi connectivity index (χ0v) is 24.3. The molecule has 0 aliphatic carbocycles. The molecular formula is C33H29Cl2N5O. The number of pyridine rings is 3. The molecule has 0 saturated carbocycles. The summed E-state index contributed by atoms with van der Waals surface area (Å²) in [4.78, 5) is 16.1. The summed E-state index contributed by atoms with van der Waals surface area (Å²) in [6.45, 7) is 2.98. The highest BCUT2D eigenvalue weighted by molar-refractivity contribution is 6.31. The molecule has 1 atom stereocenters. The smallest absolute Gasteiger partial charge is 0.121 e. The minimum atomic E-state index is 0.204. The first-order chi connectivity index (χ1) is 20.0. The second kappa shape index (κ2) is 11.8. The average molecular weight is 583 g/mol. The van der Waals surface area contributed by atoms with E-state index in [0.717, 1.165) is 74.9 Å². The van der Waals surface area contributed by atoms with Gasteiger partial charge in [-0.15, -0.1) is 0 Å². The second-order valence-corrected chi connectivity index (χ2v) is 10.9. The van der Waals surface area contributed by atoms with Crippen LogP contribution in [-0.2, 0) is 0 Å². The molecule has 1 unspecified atom stereocenters. The Hall–Kier alpha value is -4.13. The third-order valence-corrected chi connectivity index (χ3v) is 7.75. The molecule has 3 aromatic carbocycles. The lowest BCUT2D eigenvalue weighted by molar-refractivity contribution is 0.415. The van der Waals surface area contributed by atoms with Crippen LogP contribution in [0.2, 0.25) is 10.0 Å². The summed E-state index contributed by atoms with van der Waals surface area (Å²) < 4.78 is 5.54. The maximum Gasteiger partial charge on any atom is 0.121 e. The van der Waals surface area contributed by atoms with Crippen molar-refractivity contribution in [3.8, 4) is 5.75 Å². The summed E-state index contributed by atoms with van der Waals surface area (Å²) in [5.74, 6) is 0.806. The molecular weight excluding hydrogens is 553 g/mol. The summed E-state index contributed by atoms with van der Waals surface area (Å²) in [6, 6.07) is 24.1. The van der Waals surface area contributed by atoms with Gasteiger partial charge in [0.1, 0.15) is 5.75 Å². The standard InChI is InChI=1S/C33H29Cl2N5O/c1-21(39-30-20-25(41-2)17-22-6-3-13-38-33(22)30)5-4-16-40(31-11-14-36-28-18-23(34)7-9-26(28)31)32-12-15-37-29-19-24(35)8-10-27(29)32/h3,6-15,17-21,39H,4-5,16H2,1-2H3. The first-order valence-corrected chi connectivity index (χ1v) is 14.3. The van der Waals surface area contributed by atoms with Crippen LogP contribution in [0.25, 0.3) is 32.7 Å². The quantitative estimate of drug-likeness (QED) is 0.184. The molecule has 6 aromatic rings. The van der Waals surface area contributed by atoms with Gasteiger partial charge >= 0.3 is 0 Å². The number of halogens is 2. The molecule has 0 bridgehead atoms. The molecule has 0 fully saturated rings. The van der Waals surface area contributed by atoms with E-state index in [1.165, 1.54) is 0 Å². The van der Waals surface area contributed by atoms with Crippen molar-refractivity contribution in [1.82, 2.24) is 15.0 Å². The van der Waals surface area contributed by atoms with E-state index >= 15 is 0 Å². The average Bonchev–Trinajstić information content (AvgIpc) is 2.98. The maximum absolute atomic E-state index is 6.31. The van der Waals surface area contributed by atoms with Gasteiger partial charge in [0.05, 0.1) is 40.7 Å². The Morgan fingerprint density at radius 1 is 0.805 bits per heavy atom. The highest BCUT2D eigenvalue weighted by Crippen LogP contribution is 2.37. The van der Waals surface area contributed by atoms with Gasteiger partial charge in [-0.3, -0.25) is 15.0 Å². The van der Waals surface area contributed by atoms with E-state index in [0.29, 0.717) is 10.0 Å². The monoisotopic (exact) mass is 581 g/mol. The predicted octanol–water partition coefficient (Wildman–Crippen LogP) is 9.07. The van der Waals surface area contributed by atoms with Gasteiger partial charge in [0.15, 0.2) is 0 Å².